The van der Waals surface area contributed by atoms with Gasteiger partial charge in [-0.1, -0.05) is 24.4 Å². The molecule has 4 rings (SSSR count). The fourth-order valence-corrected chi connectivity index (χ4v) is 7.42. The number of methoxy groups -OCH3 is 1. The van der Waals surface area contributed by atoms with Gasteiger partial charge in [-0.15, -0.1) is 11.3 Å². The molecule has 0 saturated carbocycles. The molecule has 1 aromatic heterocycles. The first-order valence-electron chi connectivity index (χ1n) is 11.8. The Morgan fingerprint density at radius 3 is 2.34 bits per heavy atom. The molecule has 1 saturated heterocycles. The van der Waals surface area contributed by atoms with Crippen molar-refractivity contribution in [3.05, 3.63) is 45.3 Å². The van der Waals surface area contributed by atoms with Crippen molar-refractivity contribution >= 4 is 49.8 Å². The highest BCUT2D eigenvalue weighted by Crippen LogP contribution is 2.37. The number of aryl methyl sites for hydroxylation is 1. The van der Waals surface area contributed by atoms with Crippen molar-refractivity contribution in [2.24, 2.45) is 0 Å². The van der Waals surface area contributed by atoms with E-state index in [1.165, 1.54) is 41.3 Å². The average molecular weight is 540 g/mol. The molecule has 0 atom stereocenters. The number of thiophene rings is 1. The molecule has 0 bridgehead atoms. The number of nitrogens with zero attached hydrogens (tertiary/aromatic N) is 2. The zero-order valence-electron chi connectivity index (χ0n) is 19.7. The number of ether oxygens (including phenoxy) is 1. The van der Waals surface area contributed by atoms with Gasteiger partial charge < -0.3 is 10.1 Å². The number of sulfonamides is 1. The summed E-state index contributed by atoms with van der Waals surface area (Å²) in [5.41, 5.74) is 1.50. The van der Waals surface area contributed by atoms with E-state index >= 15 is 0 Å². The lowest BCUT2D eigenvalue weighted by Crippen LogP contribution is -2.50. The van der Waals surface area contributed by atoms with Crippen molar-refractivity contribution in [2.75, 3.05) is 45.2 Å². The topological polar surface area (TPSA) is 96.0 Å². The van der Waals surface area contributed by atoms with E-state index in [0.29, 0.717) is 41.8 Å². The molecular formula is C24H30ClN3O5S2. The molecule has 2 heterocycles. The van der Waals surface area contributed by atoms with Crippen LogP contribution in [0.5, 0.6) is 0 Å². The monoisotopic (exact) mass is 539 g/mol. The fraction of sp³-hybridized carbons (Fsp3) is 0.500. The van der Waals surface area contributed by atoms with Gasteiger partial charge in [-0.2, -0.15) is 4.31 Å². The van der Waals surface area contributed by atoms with E-state index < -0.39 is 16.0 Å². The van der Waals surface area contributed by atoms with Crippen LogP contribution >= 0.6 is 22.9 Å². The zero-order valence-corrected chi connectivity index (χ0v) is 22.1. The van der Waals surface area contributed by atoms with Gasteiger partial charge in [0.05, 0.1) is 24.1 Å². The lowest BCUT2D eigenvalue weighted by molar-refractivity contribution is -0.117. The Labute approximate surface area is 215 Å². The summed E-state index contributed by atoms with van der Waals surface area (Å²) in [5.74, 6) is -0.641. The smallest absolute Gasteiger partial charge is 0.341 e. The first-order valence-corrected chi connectivity index (χ1v) is 14.4. The maximum Gasteiger partial charge on any atom is 0.341 e. The average Bonchev–Trinajstić information content (AvgIpc) is 3.14. The molecule has 0 spiro atoms. The third-order valence-electron chi connectivity index (χ3n) is 6.46. The van der Waals surface area contributed by atoms with Crippen LogP contribution in [-0.2, 0) is 32.4 Å². The summed E-state index contributed by atoms with van der Waals surface area (Å²) in [4.78, 5) is 28.7. The van der Waals surface area contributed by atoms with Gasteiger partial charge in [-0.25, -0.2) is 13.2 Å². The Morgan fingerprint density at radius 2 is 1.69 bits per heavy atom. The third-order valence-corrected chi connectivity index (χ3v) is 9.84. The van der Waals surface area contributed by atoms with Crippen molar-refractivity contribution in [1.82, 2.24) is 9.21 Å². The van der Waals surface area contributed by atoms with E-state index in [0.717, 1.165) is 42.5 Å². The number of rotatable bonds is 6. The van der Waals surface area contributed by atoms with Crippen molar-refractivity contribution in [1.29, 1.82) is 0 Å². The predicted molar refractivity (Wildman–Crippen MR) is 137 cm³/mol. The molecule has 0 unspecified atom stereocenters. The van der Waals surface area contributed by atoms with E-state index in [1.54, 1.807) is 12.1 Å². The summed E-state index contributed by atoms with van der Waals surface area (Å²) in [6.45, 7) is 1.58. The van der Waals surface area contributed by atoms with Gasteiger partial charge >= 0.3 is 5.97 Å². The third kappa shape index (κ3) is 6.06. The minimum atomic E-state index is -3.61. The van der Waals surface area contributed by atoms with Gasteiger partial charge in [0.2, 0.25) is 15.9 Å². The molecule has 1 fully saturated rings. The number of esters is 1. The minimum Gasteiger partial charge on any atom is -0.465 e. The number of hydrogen-bond donors (Lipinski definition) is 1. The Hall–Kier alpha value is -1.98. The molecule has 8 nitrogen and oxygen atoms in total. The second-order valence-corrected chi connectivity index (χ2v) is 12.3. The SMILES string of the molecule is COC(=O)c1c(NC(=O)CN2CCN(S(=O)(=O)c3ccc(Cl)cc3)CC2)sc2c1CCCCCC2. The summed E-state index contributed by atoms with van der Waals surface area (Å²) < 4.78 is 32.2. The van der Waals surface area contributed by atoms with Crippen LogP contribution in [0.3, 0.4) is 0 Å². The van der Waals surface area contributed by atoms with Crippen molar-refractivity contribution < 1.29 is 22.7 Å². The Kier molecular flexibility index (Phi) is 8.49. The van der Waals surface area contributed by atoms with E-state index in [1.807, 2.05) is 4.90 Å². The van der Waals surface area contributed by atoms with E-state index in [9.17, 15) is 18.0 Å². The minimum absolute atomic E-state index is 0.123. The normalized spacial score (nSPS) is 17.8. The number of fused-ring (bicyclic) bond motifs is 1. The lowest BCUT2D eigenvalue weighted by atomic mass is 9.96. The van der Waals surface area contributed by atoms with Gasteiger partial charge in [-0.3, -0.25) is 9.69 Å². The van der Waals surface area contributed by atoms with Crippen LogP contribution in [0.25, 0.3) is 0 Å². The number of carbonyl (C=O) groups excluding carboxylic acids is 2. The van der Waals surface area contributed by atoms with Gasteiger partial charge in [-0.05, 0) is 55.5 Å². The molecule has 11 heteroatoms. The summed E-state index contributed by atoms with van der Waals surface area (Å²) in [7, 11) is -2.25. The van der Waals surface area contributed by atoms with Crippen LogP contribution in [0.1, 0.15) is 46.5 Å². The highest BCUT2D eigenvalue weighted by Gasteiger charge is 2.30. The van der Waals surface area contributed by atoms with Crippen molar-refractivity contribution in [2.45, 2.75) is 43.4 Å². The van der Waals surface area contributed by atoms with Crippen LogP contribution < -0.4 is 5.32 Å². The lowest BCUT2D eigenvalue weighted by Gasteiger charge is -2.33. The zero-order chi connectivity index (χ0) is 25.0. The quantitative estimate of drug-likeness (QED) is 0.561. The van der Waals surface area contributed by atoms with E-state index in [4.69, 9.17) is 16.3 Å². The Morgan fingerprint density at radius 1 is 1.03 bits per heavy atom. The van der Waals surface area contributed by atoms with Crippen molar-refractivity contribution in [3.63, 3.8) is 0 Å². The standard InChI is InChI=1S/C24H30ClN3O5S2/c1-33-24(30)22-19-6-4-2-3-5-7-20(19)34-23(22)26-21(29)16-27-12-14-28(15-13-27)35(31,32)18-10-8-17(25)9-11-18/h8-11H,2-7,12-16H2,1H3,(H,26,29). The number of anilines is 1. The molecule has 1 N–H and O–H groups in total. The predicted octanol–water partition coefficient (Wildman–Crippen LogP) is 3.79. The van der Waals surface area contributed by atoms with Gasteiger partial charge in [0.15, 0.2) is 0 Å². The number of amides is 1. The Balaban J connectivity index is 1.39. The van der Waals surface area contributed by atoms with E-state index in [2.05, 4.69) is 5.32 Å². The molecule has 1 amide bonds. The number of carbonyl (C=O) groups is 2. The summed E-state index contributed by atoms with van der Waals surface area (Å²) >= 11 is 7.35. The summed E-state index contributed by atoms with van der Waals surface area (Å²) in [6, 6.07) is 6.12. The van der Waals surface area contributed by atoms with Gasteiger partial charge in [0.1, 0.15) is 5.00 Å². The second-order valence-electron chi connectivity index (χ2n) is 8.80. The second kappa shape index (κ2) is 11.4. The van der Waals surface area contributed by atoms with Crippen LogP contribution in [-0.4, -0.2) is 69.3 Å². The molecule has 2 aromatic rings. The van der Waals surface area contributed by atoms with E-state index in [-0.39, 0.29) is 17.3 Å². The molecule has 2 aliphatic rings. The van der Waals surface area contributed by atoms with Crippen LogP contribution in [0, 0.1) is 0 Å². The molecule has 0 radical (unpaired) electrons. The molecule has 1 aliphatic heterocycles. The highest BCUT2D eigenvalue weighted by molar-refractivity contribution is 7.89. The largest absolute Gasteiger partial charge is 0.465 e. The number of halogens is 1. The van der Waals surface area contributed by atoms with Crippen LogP contribution in [0.2, 0.25) is 5.02 Å². The molecular weight excluding hydrogens is 510 g/mol. The number of nitrogens with one attached hydrogen (secondary N) is 1. The maximum absolute atomic E-state index is 12.9. The summed E-state index contributed by atoms with van der Waals surface area (Å²) in [5, 5.41) is 3.97. The van der Waals surface area contributed by atoms with Crippen LogP contribution in [0.15, 0.2) is 29.2 Å². The maximum atomic E-state index is 12.9. The summed E-state index contributed by atoms with van der Waals surface area (Å²) in [6.07, 6.45) is 6.12. The number of hydrogen-bond acceptors (Lipinski definition) is 7. The molecule has 1 aromatic carbocycles. The highest BCUT2D eigenvalue weighted by atomic mass is 35.5. The van der Waals surface area contributed by atoms with Crippen LogP contribution in [0.4, 0.5) is 5.00 Å². The Bertz CT molecular complexity index is 1170. The first-order chi connectivity index (χ1) is 16.8. The molecule has 1 aliphatic carbocycles. The number of piperazine rings is 1. The number of benzene rings is 1. The van der Waals surface area contributed by atoms with Gasteiger partial charge in [0, 0.05) is 36.1 Å². The molecule has 35 heavy (non-hydrogen) atoms. The fourth-order valence-electron chi connectivity index (χ4n) is 4.58. The molecule has 190 valence electrons. The first kappa shape index (κ1) is 26.1. The van der Waals surface area contributed by atoms with Crippen molar-refractivity contribution in [3.8, 4) is 0 Å². The van der Waals surface area contributed by atoms with Gasteiger partial charge in [0.25, 0.3) is 0 Å².